The van der Waals surface area contributed by atoms with Gasteiger partial charge in [0.25, 0.3) is 0 Å². The van der Waals surface area contributed by atoms with Gasteiger partial charge >= 0.3 is 0 Å². The highest BCUT2D eigenvalue weighted by Crippen LogP contribution is 2.28. The second kappa shape index (κ2) is 4.58. The zero-order chi connectivity index (χ0) is 11.5. The molecule has 0 bridgehead atoms. The van der Waals surface area contributed by atoms with Crippen LogP contribution in [0.2, 0.25) is 0 Å². The van der Waals surface area contributed by atoms with Crippen molar-refractivity contribution in [2.45, 2.75) is 26.4 Å². The Balaban J connectivity index is 2.38. The zero-order valence-electron chi connectivity index (χ0n) is 9.56. The molecule has 1 aromatic heterocycles. The summed E-state index contributed by atoms with van der Waals surface area (Å²) in [6.07, 6.45) is 0.126. The zero-order valence-corrected chi connectivity index (χ0v) is 9.56. The summed E-state index contributed by atoms with van der Waals surface area (Å²) in [5.74, 6) is 1.44. The summed E-state index contributed by atoms with van der Waals surface area (Å²) in [6, 6.07) is 7.53. The van der Waals surface area contributed by atoms with Crippen molar-refractivity contribution in [3.8, 4) is 5.75 Å². The molecule has 2 aromatic rings. The first kappa shape index (κ1) is 11.0. The van der Waals surface area contributed by atoms with Crippen molar-refractivity contribution in [1.29, 1.82) is 0 Å². The van der Waals surface area contributed by atoms with Crippen molar-refractivity contribution in [2.75, 3.05) is 6.61 Å². The summed E-state index contributed by atoms with van der Waals surface area (Å²) in [4.78, 5) is 0. The van der Waals surface area contributed by atoms with E-state index in [0.29, 0.717) is 18.8 Å². The predicted octanol–water partition coefficient (Wildman–Crippen LogP) is 3.27. The summed E-state index contributed by atoms with van der Waals surface area (Å²) >= 11 is 0. The van der Waals surface area contributed by atoms with Crippen LogP contribution in [0.4, 0.5) is 0 Å². The molecular weight excluding hydrogens is 204 g/mol. The van der Waals surface area contributed by atoms with E-state index in [-0.39, 0.29) is 0 Å². The van der Waals surface area contributed by atoms with Crippen molar-refractivity contribution in [1.82, 2.24) is 0 Å². The second-order valence-corrected chi connectivity index (χ2v) is 3.71. The number of ether oxygens (including phenoxy) is 1. The average Bonchev–Trinajstić information content (AvgIpc) is 2.71. The van der Waals surface area contributed by atoms with Gasteiger partial charge in [-0.2, -0.15) is 0 Å². The number of furan rings is 1. The van der Waals surface area contributed by atoms with Gasteiger partial charge in [0.1, 0.15) is 23.2 Å². The van der Waals surface area contributed by atoms with Gasteiger partial charge in [-0.05, 0) is 37.6 Å². The smallest absolute Gasteiger partial charge is 0.134 e. The SMILES string of the molecule is CCOc1ccc2oc(C(O)CC)cc2c1. The fourth-order valence-electron chi connectivity index (χ4n) is 1.66. The maximum Gasteiger partial charge on any atom is 0.134 e. The van der Waals surface area contributed by atoms with E-state index in [1.807, 2.05) is 38.1 Å². The second-order valence-electron chi connectivity index (χ2n) is 3.71. The van der Waals surface area contributed by atoms with E-state index >= 15 is 0 Å². The highest BCUT2D eigenvalue weighted by molar-refractivity contribution is 5.79. The molecule has 1 aromatic carbocycles. The molecule has 1 N–H and O–H groups in total. The molecule has 1 unspecified atom stereocenters. The van der Waals surface area contributed by atoms with Crippen LogP contribution in [0.1, 0.15) is 32.1 Å². The van der Waals surface area contributed by atoms with E-state index in [4.69, 9.17) is 9.15 Å². The minimum absolute atomic E-state index is 0.525. The van der Waals surface area contributed by atoms with Crippen molar-refractivity contribution < 1.29 is 14.3 Å². The van der Waals surface area contributed by atoms with Gasteiger partial charge in [0.2, 0.25) is 0 Å². The fraction of sp³-hybridized carbons (Fsp3) is 0.385. The highest BCUT2D eigenvalue weighted by Gasteiger charge is 2.11. The van der Waals surface area contributed by atoms with E-state index in [2.05, 4.69) is 0 Å². The Hall–Kier alpha value is -1.48. The number of hydrogen-bond donors (Lipinski definition) is 1. The lowest BCUT2D eigenvalue weighted by molar-refractivity contribution is 0.148. The summed E-state index contributed by atoms with van der Waals surface area (Å²) in [5, 5.41) is 10.6. The molecule has 16 heavy (non-hydrogen) atoms. The third kappa shape index (κ3) is 2.04. The van der Waals surface area contributed by atoms with Gasteiger partial charge in [-0.25, -0.2) is 0 Å². The monoisotopic (exact) mass is 220 g/mol. The first-order valence-corrected chi connectivity index (χ1v) is 5.59. The van der Waals surface area contributed by atoms with Crippen molar-refractivity contribution in [2.24, 2.45) is 0 Å². The molecule has 0 radical (unpaired) electrons. The first-order chi connectivity index (χ1) is 7.74. The highest BCUT2D eigenvalue weighted by atomic mass is 16.5. The molecule has 0 aliphatic heterocycles. The Kier molecular flexibility index (Phi) is 3.15. The first-order valence-electron chi connectivity index (χ1n) is 5.59. The number of aliphatic hydroxyl groups is 1. The molecule has 3 heteroatoms. The van der Waals surface area contributed by atoms with Crippen LogP contribution in [0, 0.1) is 0 Å². The van der Waals surface area contributed by atoms with Crippen molar-refractivity contribution in [3.05, 3.63) is 30.0 Å². The van der Waals surface area contributed by atoms with Crippen LogP contribution in [0.3, 0.4) is 0 Å². The number of benzene rings is 1. The van der Waals surface area contributed by atoms with Crippen LogP contribution in [0.5, 0.6) is 5.75 Å². The molecule has 2 rings (SSSR count). The van der Waals surface area contributed by atoms with E-state index in [1.165, 1.54) is 0 Å². The molecule has 1 heterocycles. The summed E-state index contributed by atoms with van der Waals surface area (Å²) in [6.45, 7) is 4.52. The Morgan fingerprint density at radius 3 is 2.81 bits per heavy atom. The van der Waals surface area contributed by atoms with Gasteiger partial charge in [-0.1, -0.05) is 6.92 Å². The molecule has 0 saturated carbocycles. The largest absolute Gasteiger partial charge is 0.494 e. The molecule has 0 aliphatic rings. The van der Waals surface area contributed by atoms with E-state index in [0.717, 1.165) is 16.7 Å². The minimum Gasteiger partial charge on any atom is -0.494 e. The molecule has 0 aliphatic carbocycles. The maximum absolute atomic E-state index is 9.68. The molecular formula is C13H16O3. The van der Waals surface area contributed by atoms with Gasteiger partial charge in [0.05, 0.1) is 6.61 Å². The van der Waals surface area contributed by atoms with Crippen LogP contribution < -0.4 is 4.74 Å². The Morgan fingerprint density at radius 2 is 2.12 bits per heavy atom. The van der Waals surface area contributed by atoms with Gasteiger partial charge in [0, 0.05) is 5.39 Å². The molecule has 3 nitrogen and oxygen atoms in total. The van der Waals surface area contributed by atoms with Crippen molar-refractivity contribution >= 4 is 11.0 Å². The lowest BCUT2D eigenvalue weighted by Crippen LogP contribution is -1.91. The fourth-order valence-corrected chi connectivity index (χ4v) is 1.66. The van der Waals surface area contributed by atoms with Gasteiger partial charge < -0.3 is 14.3 Å². The quantitative estimate of drug-likeness (QED) is 0.859. The lowest BCUT2D eigenvalue weighted by atomic mass is 10.2. The summed E-state index contributed by atoms with van der Waals surface area (Å²) < 4.78 is 11.0. The average molecular weight is 220 g/mol. The van der Waals surface area contributed by atoms with E-state index in [1.54, 1.807) is 0 Å². The number of hydrogen-bond acceptors (Lipinski definition) is 3. The standard InChI is InChI=1S/C13H16O3/c1-3-11(14)13-8-9-7-10(15-4-2)5-6-12(9)16-13/h5-8,11,14H,3-4H2,1-2H3. The molecule has 0 spiro atoms. The molecule has 0 amide bonds. The summed E-state index contributed by atoms with van der Waals surface area (Å²) in [5.41, 5.74) is 0.783. The van der Waals surface area contributed by atoms with Crippen LogP contribution >= 0.6 is 0 Å². The van der Waals surface area contributed by atoms with Crippen LogP contribution in [-0.4, -0.2) is 11.7 Å². The third-order valence-corrected chi connectivity index (χ3v) is 2.53. The number of rotatable bonds is 4. The van der Waals surface area contributed by atoms with E-state index in [9.17, 15) is 5.11 Å². The van der Waals surface area contributed by atoms with Gasteiger partial charge in [0.15, 0.2) is 0 Å². The normalized spacial score (nSPS) is 12.9. The minimum atomic E-state index is -0.525. The predicted molar refractivity (Wildman–Crippen MR) is 62.6 cm³/mol. The van der Waals surface area contributed by atoms with E-state index < -0.39 is 6.10 Å². The molecule has 0 saturated heterocycles. The van der Waals surface area contributed by atoms with Crippen LogP contribution in [0.25, 0.3) is 11.0 Å². The summed E-state index contributed by atoms with van der Waals surface area (Å²) in [7, 11) is 0. The van der Waals surface area contributed by atoms with Crippen molar-refractivity contribution in [3.63, 3.8) is 0 Å². The third-order valence-electron chi connectivity index (χ3n) is 2.53. The Labute approximate surface area is 94.6 Å². The number of aliphatic hydroxyl groups excluding tert-OH is 1. The van der Waals surface area contributed by atoms with Gasteiger partial charge in [-0.3, -0.25) is 0 Å². The Bertz CT molecular complexity index is 473. The molecule has 1 atom stereocenters. The topological polar surface area (TPSA) is 42.6 Å². The molecule has 86 valence electrons. The van der Waals surface area contributed by atoms with Gasteiger partial charge in [-0.15, -0.1) is 0 Å². The molecule has 0 fully saturated rings. The van der Waals surface area contributed by atoms with Crippen LogP contribution in [0.15, 0.2) is 28.7 Å². The lowest BCUT2D eigenvalue weighted by Gasteiger charge is -2.01. The number of fused-ring (bicyclic) bond motifs is 1. The maximum atomic E-state index is 9.68. The Morgan fingerprint density at radius 1 is 1.31 bits per heavy atom. The van der Waals surface area contributed by atoms with Crippen LogP contribution in [-0.2, 0) is 0 Å².